The molecule has 1 fully saturated rings. The highest BCUT2D eigenvalue weighted by atomic mass is 19.1. The summed E-state index contributed by atoms with van der Waals surface area (Å²) < 4.78 is 35.5. The van der Waals surface area contributed by atoms with Gasteiger partial charge in [0.2, 0.25) is 0 Å². The third-order valence-electron chi connectivity index (χ3n) is 6.32. The SMILES string of the molecule is Cc1ccc(N2C[C@H](CCNC[C@H]3Cn4c(=O)ccc5ccc(F)c3c54)OC2=O)cc1F. The lowest BCUT2D eigenvalue weighted by atomic mass is 9.99. The summed E-state index contributed by atoms with van der Waals surface area (Å²) >= 11 is 0. The van der Waals surface area contributed by atoms with Gasteiger partial charge in [0, 0.05) is 30.6 Å². The Bertz CT molecular complexity index is 1270. The molecular formula is C24H23F2N3O3. The zero-order valence-corrected chi connectivity index (χ0v) is 17.6. The Morgan fingerprint density at radius 3 is 2.69 bits per heavy atom. The molecule has 2 aliphatic rings. The van der Waals surface area contributed by atoms with Gasteiger partial charge in [0.1, 0.15) is 17.7 Å². The Kier molecular flexibility index (Phi) is 5.17. The van der Waals surface area contributed by atoms with E-state index in [1.54, 1.807) is 35.8 Å². The highest BCUT2D eigenvalue weighted by Gasteiger charge is 2.33. The Hall–Kier alpha value is -3.26. The quantitative estimate of drug-likeness (QED) is 0.595. The number of hydrogen-bond acceptors (Lipinski definition) is 4. The summed E-state index contributed by atoms with van der Waals surface area (Å²) in [6, 6.07) is 11.1. The number of nitrogens with one attached hydrogen (secondary N) is 1. The van der Waals surface area contributed by atoms with Crippen molar-refractivity contribution in [3.05, 3.63) is 75.6 Å². The molecular weight excluding hydrogens is 416 g/mol. The maximum absolute atomic E-state index is 14.6. The minimum absolute atomic E-state index is 0.127. The van der Waals surface area contributed by atoms with Crippen molar-refractivity contribution in [1.29, 1.82) is 0 Å². The number of carbonyl (C=O) groups excluding carboxylic acids is 1. The summed E-state index contributed by atoms with van der Waals surface area (Å²) in [5.74, 6) is -0.807. The first-order chi connectivity index (χ1) is 15.4. The van der Waals surface area contributed by atoms with Crippen LogP contribution in [0.5, 0.6) is 0 Å². The topological polar surface area (TPSA) is 63.6 Å². The van der Waals surface area contributed by atoms with Gasteiger partial charge in [0.25, 0.3) is 5.56 Å². The lowest BCUT2D eigenvalue weighted by molar-refractivity contribution is 0.136. The van der Waals surface area contributed by atoms with Crippen LogP contribution in [0, 0.1) is 18.6 Å². The first kappa shape index (κ1) is 20.6. The molecule has 0 bridgehead atoms. The van der Waals surface area contributed by atoms with Crippen LogP contribution in [-0.4, -0.2) is 36.4 Å². The number of amides is 1. The first-order valence-corrected chi connectivity index (χ1v) is 10.7. The molecule has 5 rings (SSSR count). The average molecular weight is 439 g/mol. The molecule has 0 radical (unpaired) electrons. The minimum Gasteiger partial charge on any atom is -0.444 e. The fourth-order valence-corrected chi connectivity index (χ4v) is 4.62. The van der Waals surface area contributed by atoms with Gasteiger partial charge in [-0.1, -0.05) is 6.07 Å². The number of anilines is 1. The maximum Gasteiger partial charge on any atom is 0.414 e. The van der Waals surface area contributed by atoms with Crippen molar-refractivity contribution in [2.75, 3.05) is 24.5 Å². The average Bonchev–Trinajstić information content (AvgIpc) is 3.34. The molecule has 0 spiro atoms. The van der Waals surface area contributed by atoms with Crippen LogP contribution in [0.2, 0.25) is 0 Å². The van der Waals surface area contributed by atoms with Crippen LogP contribution in [-0.2, 0) is 11.3 Å². The van der Waals surface area contributed by atoms with E-state index in [9.17, 15) is 18.4 Å². The number of aromatic nitrogens is 1. The van der Waals surface area contributed by atoms with Gasteiger partial charge in [-0.05, 0) is 61.2 Å². The molecule has 166 valence electrons. The highest BCUT2D eigenvalue weighted by Crippen LogP contribution is 2.34. The summed E-state index contributed by atoms with van der Waals surface area (Å²) in [5, 5.41) is 4.17. The lowest BCUT2D eigenvalue weighted by Crippen LogP contribution is -2.28. The fraction of sp³-hybridized carbons (Fsp3) is 0.333. The van der Waals surface area contributed by atoms with Crippen molar-refractivity contribution in [3.63, 3.8) is 0 Å². The van der Waals surface area contributed by atoms with Crippen LogP contribution in [0.15, 0.2) is 47.3 Å². The number of cyclic esters (lactones) is 1. The molecule has 1 N–H and O–H groups in total. The molecule has 3 heterocycles. The number of halogens is 2. The van der Waals surface area contributed by atoms with Crippen molar-refractivity contribution in [2.45, 2.75) is 31.9 Å². The van der Waals surface area contributed by atoms with Crippen LogP contribution >= 0.6 is 0 Å². The Morgan fingerprint density at radius 2 is 1.88 bits per heavy atom. The molecule has 0 saturated carbocycles. The maximum atomic E-state index is 14.6. The van der Waals surface area contributed by atoms with Crippen molar-refractivity contribution >= 4 is 22.7 Å². The van der Waals surface area contributed by atoms with Gasteiger partial charge in [0.15, 0.2) is 0 Å². The van der Waals surface area contributed by atoms with Crippen LogP contribution in [0.3, 0.4) is 0 Å². The monoisotopic (exact) mass is 439 g/mol. The highest BCUT2D eigenvalue weighted by molar-refractivity contribution is 5.89. The number of hydrogen-bond donors (Lipinski definition) is 1. The van der Waals surface area contributed by atoms with Crippen molar-refractivity contribution in [1.82, 2.24) is 9.88 Å². The number of nitrogens with zero attached hydrogens (tertiary/aromatic N) is 2. The number of rotatable bonds is 6. The Morgan fingerprint density at radius 1 is 1.06 bits per heavy atom. The van der Waals surface area contributed by atoms with E-state index in [0.29, 0.717) is 54.9 Å². The predicted octanol–water partition coefficient (Wildman–Crippen LogP) is 3.69. The zero-order chi connectivity index (χ0) is 22.4. The number of ether oxygens (including phenoxy) is 1. The molecule has 6 nitrogen and oxygen atoms in total. The molecule has 1 amide bonds. The largest absolute Gasteiger partial charge is 0.444 e. The third-order valence-corrected chi connectivity index (χ3v) is 6.32. The van der Waals surface area contributed by atoms with Gasteiger partial charge in [-0.25, -0.2) is 13.6 Å². The second-order valence-corrected chi connectivity index (χ2v) is 8.42. The lowest BCUT2D eigenvalue weighted by Gasteiger charge is -2.15. The van der Waals surface area contributed by atoms with E-state index in [4.69, 9.17) is 4.74 Å². The van der Waals surface area contributed by atoms with E-state index in [1.807, 2.05) is 0 Å². The fourth-order valence-electron chi connectivity index (χ4n) is 4.62. The smallest absolute Gasteiger partial charge is 0.414 e. The molecule has 2 atom stereocenters. The van der Waals surface area contributed by atoms with Gasteiger partial charge in [0.05, 0.1) is 17.7 Å². The summed E-state index contributed by atoms with van der Waals surface area (Å²) in [6.07, 6.45) is -0.233. The van der Waals surface area contributed by atoms with E-state index in [1.165, 1.54) is 23.1 Å². The van der Waals surface area contributed by atoms with E-state index < -0.39 is 6.09 Å². The number of carbonyl (C=O) groups is 1. The van der Waals surface area contributed by atoms with Crippen molar-refractivity contribution in [3.8, 4) is 0 Å². The van der Waals surface area contributed by atoms with Gasteiger partial charge in [-0.15, -0.1) is 0 Å². The second-order valence-electron chi connectivity index (χ2n) is 8.42. The van der Waals surface area contributed by atoms with Crippen LogP contribution in [0.1, 0.15) is 23.5 Å². The van der Waals surface area contributed by atoms with Crippen LogP contribution < -0.4 is 15.8 Å². The molecule has 1 aromatic heterocycles. The minimum atomic E-state index is -0.488. The second kappa shape index (κ2) is 8.02. The Labute approximate surface area is 183 Å². The van der Waals surface area contributed by atoms with E-state index >= 15 is 0 Å². The molecule has 0 unspecified atom stereocenters. The Balaban J connectivity index is 1.19. The van der Waals surface area contributed by atoms with Crippen LogP contribution in [0.25, 0.3) is 10.9 Å². The standard InChI is InChI=1S/C24H23F2N3O3/c1-14-2-5-17(10-20(14)26)28-13-18(32-24(28)31)8-9-27-11-16-12-29-21(30)7-4-15-3-6-19(25)22(16)23(15)29/h2-7,10,16,18,27H,8-9,11-13H2,1H3/t16-,18-/m0/s1. The summed E-state index contributed by atoms with van der Waals surface area (Å²) in [4.78, 5) is 25.9. The third kappa shape index (κ3) is 3.54. The van der Waals surface area contributed by atoms with Crippen LogP contribution in [0.4, 0.5) is 19.3 Å². The van der Waals surface area contributed by atoms with Crippen molar-refractivity contribution in [2.24, 2.45) is 0 Å². The van der Waals surface area contributed by atoms with Gasteiger partial charge < -0.3 is 14.6 Å². The van der Waals surface area contributed by atoms with E-state index in [-0.39, 0.29) is 29.2 Å². The van der Waals surface area contributed by atoms with Gasteiger partial charge >= 0.3 is 6.09 Å². The van der Waals surface area contributed by atoms with E-state index in [0.717, 1.165) is 5.39 Å². The molecule has 2 aliphatic heterocycles. The van der Waals surface area contributed by atoms with Gasteiger partial charge in [-0.3, -0.25) is 9.69 Å². The zero-order valence-electron chi connectivity index (χ0n) is 17.6. The number of pyridine rings is 1. The predicted molar refractivity (Wildman–Crippen MR) is 117 cm³/mol. The molecule has 3 aromatic rings. The summed E-state index contributed by atoms with van der Waals surface area (Å²) in [6.45, 7) is 3.52. The van der Waals surface area contributed by atoms with E-state index in [2.05, 4.69) is 5.32 Å². The summed E-state index contributed by atoms with van der Waals surface area (Å²) in [7, 11) is 0. The molecule has 1 saturated heterocycles. The molecule has 32 heavy (non-hydrogen) atoms. The van der Waals surface area contributed by atoms with Crippen molar-refractivity contribution < 1.29 is 18.3 Å². The summed E-state index contributed by atoms with van der Waals surface area (Å²) in [5.41, 5.74) is 2.12. The molecule has 8 heteroatoms. The first-order valence-electron chi connectivity index (χ1n) is 10.7. The number of aryl methyl sites for hydroxylation is 1. The molecule has 0 aliphatic carbocycles. The van der Waals surface area contributed by atoms with Gasteiger partial charge in [-0.2, -0.15) is 0 Å². The molecule has 2 aromatic carbocycles. The normalized spacial score (nSPS) is 19.7. The number of benzene rings is 2.